The maximum absolute atomic E-state index is 5.90. The van der Waals surface area contributed by atoms with Crippen LogP contribution in [-0.2, 0) is 22.5 Å². The summed E-state index contributed by atoms with van der Waals surface area (Å²) in [6.45, 7) is 7.10. The minimum absolute atomic E-state index is 0.384. The monoisotopic (exact) mass is 395 g/mol. The van der Waals surface area contributed by atoms with Crippen LogP contribution in [0, 0.1) is 6.92 Å². The minimum atomic E-state index is 0.384. The summed E-state index contributed by atoms with van der Waals surface area (Å²) in [5, 5.41) is 0. The third kappa shape index (κ3) is 6.73. The van der Waals surface area contributed by atoms with E-state index in [1.165, 1.54) is 5.56 Å². The van der Waals surface area contributed by atoms with Crippen molar-refractivity contribution in [1.29, 1.82) is 0 Å². The molecule has 0 aliphatic heterocycles. The molecule has 0 atom stereocenters. The molecule has 3 aromatic rings. The highest BCUT2D eigenvalue weighted by molar-refractivity contribution is 5.53. The van der Waals surface area contributed by atoms with E-state index in [-0.39, 0.29) is 0 Å². The molecule has 0 saturated carbocycles. The number of hydrogen-bond acceptors (Lipinski definition) is 5. The highest BCUT2D eigenvalue weighted by atomic mass is 16.5. The van der Waals surface area contributed by atoms with Crippen LogP contribution in [0.2, 0.25) is 0 Å². The van der Waals surface area contributed by atoms with Crippen LogP contribution < -0.4 is 4.74 Å². The van der Waals surface area contributed by atoms with E-state index in [0.29, 0.717) is 25.7 Å². The summed E-state index contributed by atoms with van der Waals surface area (Å²) in [7, 11) is 0. The first-order valence-corrected chi connectivity index (χ1v) is 10.1. The Kier molecular flexibility index (Phi) is 8.28. The lowest BCUT2D eigenvalue weighted by Crippen LogP contribution is -2.05. The predicted octanol–water partition coefficient (Wildman–Crippen LogP) is 5.21. The molecule has 0 aliphatic carbocycles. The van der Waals surface area contributed by atoms with Crippen LogP contribution in [0.4, 0.5) is 0 Å². The number of aryl methyl sites for hydroxylation is 2. The van der Waals surface area contributed by atoms with Gasteiger partial charge in [-0.2, -0.15) is 0 Å². The lowest BCUT2D eigenvalue weighted by atomic mass is 10.1. The zero-order chi connectivity index (χ0) is 20.3. The Morgan fingerprint density at radius 1 is 0.897 bits per heavy atom. The lowest BCUT2D eigenvalue weighted by molar-refractivity contribution is 0.0520. The Balaban J connectivity index is 1.43. The molecule has 3 rings (SSSR count). The Morgan fingerprint density at radius 2 is 1.66 bits per heavy atom. The van der Waals surface area contributed by atoms with Crippen molar-refractivity contribution in [3.63, 3.8) is 0 Å². The van der Waals surface area contributed by atoms with E-state index in [1.807, 2.05) is 56.3 Å². The van der Waals surface area contributed by atoms with Crippen LogP contribution in [0.3, 0.4) is 0 Å². The summed E-state index contributed by atoms with van der Waals surface area (Å²) < 4.78 is 22.5. The zero-order valence-electron chi connectivity index (χ0n) is 17.2. The fourth-order valence-electron chi connectivity index (χ4n) is 2.91. The van der Waals surface area contributed by atoms with Crippen molar-refractivity contribution in [2.24, 2.45) is 0 Å². The van der Waals surface area contributed by atoms with Crippen LogP contribution in [0.15, 0.2) is 59.0 Å². The molecule has 154 valence electrons. The number of rotatable bonds is 12. The van der Waals surface area contributed by atoms with Crippen LogP contribution in [-0.4, -0.2) is 31.4 Å². The highest BCUT2D eigenvalue weighted by Gasteiger charge is 2.11. The topological polar surface area (TPSA) is 53.7 Å². The fourth-order valence-corrected chi connectivity index (χ4v) is 2.91. The third-order valence-corrected chi connectivity index (χ3v) is 4.54. The SMILES string of the molecule is CCOCCOCCCc1ccc(OCc2nc(-c3ccccc3)oc2C)cc1. The predicted molar refractivity (Wildman–Crippen MR) is 113 cm³/mol. The second kappa shape index (κ2) is 11.4. The van der Waals surface area contributed by atoms with Gasteiger partial charge in [-0.05, 0) is 56.5 Å². The van der Waals surface area contributed by atoms with Crippen molar-refractivity contribution in [1.82, 2.24) is 4.98 Å². The fraction of sp³-hybridized carbons (Fsp3) is 0.375. The summed E-state index contributed by atoms with van der Waals surface area (Å²) in [6.07, 6.45) is 1.98. The van der Waals surface area contributed by atoms with E-state index in [0.717, 1.165) is 48.8 Å². The number of nitrogens with zero attached hydrogens (tertiary/aromatic N) is 1. The minimum Gasteiger partial charge on any atom is -0.487 e. The van der Waals surface area contributed by atoms with Crippen LogP contribution >= 0.6 is 0 Å². The largest absolute Gasteiger partial charge is 0.487 e. The second-order valence-electron chi connectivity index (χ2n) is 6.73. The molecule has 0 bridgehead atoms. The molecule has 1 aromatic heterocycles. The van der Waals surface area contributed by atoms with E-state index >= 15 is 0 Å². The molecule has 0 spiro atoms. The number of ether oxygens (including phenoxy) is 3. The van der Waals surface area contributed by atoms with Gasteiger partial charge in [-0.1, -0.05) is 30.3 Å². The van der Waals surface area contributed by atoms with E-state index in [1.54, 1.807) is 0 Å². The summed E-state index contributed by atoms with van der Waals surface area (Å²) in [4.78, 5) is 4.57. The molecule has 0 radical (unpaired) electrons. The van der Waals surface area contributed by atoms with Gasteiger partial charge in [-0.25, -0.2) is 4.98 Å². The molecule has 0 unspecified atom stereocenters. The summed E-state index contributed by atoms with van der Waals surface area (Å²) in [5.74, 6) is 2.23. The number of oxazole rings is 1. The van der Waals surface area contributed by atoms with Crippen molar-refractivity contribution < 1.29 is 18.6 Å². The number of benzene rings is 2. The Bertz CT molecular complexity index is 843. The number of aromatic nitrogens is 1. The van der Waals surface area contributed by atoms with Gasteiger partial charge in [-0.15, -0.1) is 0 Å². The molecule has 29 heavy (non-hydrogen) atoms. The molecule has 2 aromatic carbocycles. The van der Waals surface area contributed by atoms with Gasteiger partial charge in [0.15, 0.2) is 0 Å². The third-order valence-electron chi connectivity index (χ3n) is 4.54. The van der Waals surface area contributed by atoms with Gasteiger partial charge in [0.25, 0.3) is 0 Å². The molecule has 0 saturated heterocycles. The van der Waals surface area contributed by atoms with Gasteiger partial charge in [0, 0.05) is 18.8 Å². The van der Waals surface area contributed by atoms with Crippen molar-refractivity contribution in [3.05, 3.63) is 71.6 Å². The Morgan fingerprint density at radius 3 is 2.41 bits per heavy atom. The van der Waals surface area contributed by atoms with Crippen molar-refractivity contribution in [2.45, 2.75) is 33.3 Å². The average Bonchev–Trinajstić information content (AvgIpc) is 3.14. The smallest absolute Gasteiger partial charge is 0.226 e. The quantitative estimate of drug-likeness (QED) is 0.394. The maximum Gasteiger partial charge on any atom is 0.226 e. The van der Waals surface area contributed by atoms with Gasteiger partial charge < -0.3 is 18.6 Å². The van der Waals surface area contributed by atoms with Crippen LogP contribution in [0.1, 0.15) is 30.4 Å². The van der Waals surface area contributed by atoms with Crippen LogP contribution in [0.25, 0.3) is 11.5 Å². The van der Waals surface area contributed by atoms with Crippen molar-refractivity contribution in [3.8, 4) is 17.2 Å². The molecule has 1 heterocycles. The van der Waals surface area contributed by atoms with E-state index in [2.05, 4.69) is 17.1 Å². The van der Waals surface area contributed by atoms with Gasteiger partial charge in [0.05, 0.1) is 13.2 Å². The second-order valence-corrected chi connectivity index (χ2v) is 6.73. The van der Waals surface area contributed by atoms with Gasteiger partial charge >= 0.3 is 0 Å². The summed E-state index contributed by atoms with van der Waals surface area (Å²) in [5.41, 5.74) is 3.06. The molecule has 0 aliphatic rings. The summed E-state index contributed by atoms with van der Waals surface area (Å²) >= 11 is 0. The normalized spacial score (nSPS) is 11.0. The van der Waals surface area contributed by atoms with E-state index < -0.39 is 0 Å². The number of hydrogen-bond donors (Lipinski definition) is 0. The lowest BCUT2D eigenvalue weighted by Gasteiger charge is -2.07. The molecule has 5 heteroatoms. The van der Waals surface area contributed by atoms with Crippen LogP contribution in [0.5, 0.6) is 5.75 Å². The highest BCUT2D eigenvalue weighted by Crippen LogP contribution is 2.22. The van der Waals surface area contributed by atoms with Gasteiger partial charge in [-0.3, -0.25) is 0 Å². The first-order valence-electron chi connectivity index (χ1n) is 10.1. The van der Waals surface area contributed by atoms with Gasteiger partial charge in [0.1, 0.15) is 23.8 Å². The molecule has 0 fully saturated rings. The first-order chi connectivity index (χ1) is 14.3. The molecular formula is C24H29NO4. The van der Waals surface area contributed by atoms with Crippen molar-refractivity contribution in [2.75, 3.05) is 26.4 Å². The molecule has 0 amide bonds. The Hall–Kier alpha value is -2.63. The molecular weight excluding hydrogens is 366 g/mol. The van der Waals surface area contributed by atoms with Gasteiger partial charge in [0.2, 0.25) is 5.89 Å². The first kappa shape index (κ1) is 21.1. The van der Waals surface area contributed by atoms with Crippen molar-refractivity contribution >= 4 is 0 Å². The van der Waals surface area contributed by atoms with E-state index in [9.17, 15) is 0 Å². The van der Waals surface area contributed by atoms with E-state index in [4.69, 9.17) is 18.6 Å². The average molecular weight is 395 g/mol. The maximum atomic E-state index is 5.90. The molecule has 5 nitrogen and oxygen atoms in total. The Labute approximate surface area is 172 Å². The standard InChI is InChI=1S/C24H29NO4/c1-3-26-16-17-27-15-7-8-20-11-13-22(14-12-20)28-18-23-19(2)29-24(25-23)21-9-5-4-6-10-21/h4-6,9-14H,3,7-8,15-18H2,1-2H3. The zero-order valence-corrected chi connectivity index (χ0v) is 17.2. The summed E-state index contributed by atoms with van der Waals surface area (Å²) in [6, 6.07) is 18.1. The molecule has 0 N–H and O–H groups in total.